The third-order valence-electron chi connectivity index (χ3n) is 3.12. The Labute approximate surface area is 93.4 Å². The summed E-state index contributed by atoms with van der Waals surface area (Å²) < 4.78 is 0. The van der Waals surface area contributed by atoms with Crippen LogP contribution in [-0.4, -0.2) is 23.6 Å². The molecule has 0 bridgehead atoms. The van der Waals surface area contributed by atoms with Crippen LogP contribution in [0.25, 0.3) is 0 Å². The van der Waals surface area contributed by atoms with Crippen molar-refractivity contribution >= 4 is 11.8 Å². The maximum atomic E-state index is 3.68. The lowest BCUT2D eigenvalue weighted by atomic mass is 9.96. The molecular formula is C12H25NS. The topological polar surface area (TPSA) is 12.0 Å². The molecule has 1 rings (SSSR count). The van der Waals surface area contributed by atoms with Crippen LogP contribution in [0.15, 0.2) is 0 Å². The van der Waals surface area contributed by atoms with Gasteiger partial charge in [0.2, 0.25) is 0 Å². The molecule has 1 atom stereocenters. The molecule has 1 fully saturated rings. The monoisotopic (exact) mass is 215 g/mol. The van der Waals surface area contributed by atoms with E-state index in [9.17, 15) is 0 Å². The van der Waals surface area contributed by atoms with Crippen molar-refractivity contribution in [2.24, 2.45) is 0 Å². The highest BCUT2D eigenvalue weighted by Gasteiger charge is 2.11. The minimum atomic E-state index is 0.835. The summed E-state index contributed by atoms with van der Waals surface area (Å²) in [6.07, 6.45) is 8.46. The number of thioether (sulfide) groups is 1. The molecule has 0 spiro atoms. The first kappa shape index (κ1) is 12.4. The van der Waals surface area contributed by atoms with Gasteiger partial charge in [0, 0.05) is 23.6 Å². The zero-order valence-electron chi connectivity index (χ0n) is 9.72. The van der Waals surface area contributed by atoms with Crippen molar-refractivity contribution in [1.82, 2.24) is 5.32 Å². The standard InChI is InChI=1S/C12H25NS/c1-3-11(2)14-10-9-13-12-7-5-4-6-8-12/h11-13H,3-10H2,1-2H3. The molecule has 0 aromatic heterocycles. The van der Waals surface area contributed by atoms with Gasteiger partial charge in [-0.05, 0) is 19.3 Å². The van der Waals surface area contributed by atoms with Gasteiger partial charge in [0.15, 0.2) is 0 Å². The highest BCUT2D eigenvalue weighted by molar-refractivity contribution is 7.99. The lowest BCUT2D eigenvalue weighted by molar-refractivity contribution is 0.381. The lowest BCUT2D eigenvalue weighted by Crippen LogP contribution is -2.32. The van der Waals surface area contributed by atoms with Crippen LogP contribution in [0, 0.1) is 0 Å². The fourth-order valence-corrected chi connectivity index (χ4v) is 2.82. The van der Waals surface area contributed by atoms with Crippen molar-refractivity contribution in [2.75, 3.05) is 12.3 Å². The summed E-state index contributed by atoms with van der Waals surface area (Å²) in [5, 5.41) is 4.52. The van der Waals surface area contributed by atoms with Gasteiger partial charge in [-0.25, -0.2) is 0 Å². The van der Waals surface area contributed by atoms with Gasteiger partial charge >= 0.3 is 0 Å². The van der Waals surface area contributed by atoms with E-state index in [1.54, 1.807) is 0 Å². The first-order valence-electron chi connectivity index (χ1n) is 6.18. The highest BCUT2D eigenvalue weighted by Crippen LogP contribution is 2.17. The Morgan fingerprint density at radius 1 is 1.29 bits per heavy atom. The molecule has 1 N–H and O–H groups in total. The number of nitrogens with one attached hydrogen (secondary N) is 1. The van der Waals surface area contributed by atoms with Crippen molar-refractivity contribution in [3.8, 4) is 0 Å². The normalized spacial score (nSPS) is 21.0. The smallest absolute Gasteiger partial charge is 0.00673 e. The molecular weight excluding hydrogens is 190 g/mol. The van der Waals surface area contributed by atoms with Gasteiger partial charge < -0.3 is 5.32 Å². The SMILES string of the molecule is CCC(C)SCCNC1CCCCC1. The zero-order valence-corrected chi connectivity index (χ0v) is 10.5. The van der Waals surface area contributed by atoms with E-state index in [0.29, 0.717) is 0 Å². The van der Waals surface area contributed by atoms with Crippen molar-refractivity contribution in [1.29, 1.82) is 0 Å². The van der Waals surface area contributed by atoms with Crippen LogP contribution in [0.4, 0.5) is 0 Å². The molecule has 0 radical (unpaired) electrons. The van der Waals surface area contributed by atoms with Crippen LogP contribution in [-0.2, 0) is 0 Å². The molecule has 0 heterocycles. The number of hydrogen-bond donors (Lipinski definition) is 1. The first-order valence-corrected chi connectivity index (χ1v) is 7.22. The molecule has 0 amide bonds. The van der Waals surface area contributed by atoms with Crippen LogP contribution >= 0.6 is 11.8 Å². The molecule has 0 aromatic rings. The van der Waals surface area contributed by atoms with Crippen LogP contribution in [0.1, 0.15) is 52.4 Å². The summed E-state index contributed by atoms with van der Waals surface area (Å²) in [5.74, 6) is 1.28. The summed E-state index contributed by atoms with van der Waals surface area (Å²) in [5.41, 5.74) is 0. The average molecular weight is 215 g/mol. The Hall–Kier alpha value is 0.310. The van der Waals surface area contributed by atoms with Gasteiger partial charge in [0.05, 0.1) is 0 Å². The molecule has 0 aliphatic heterocycles. The summed E-state index contributed by atoms with van der Waals surface area (Å²) in [4.78, 5) is 0. The summed E-state index contributed by atoms with van der Waals surface area (Å²) in [6, 6.07) is 0.835. The quantitative estimate of drug-likeness (QED) is 0.681. The Morgan fingerprint density at radius 3 is 2.64 bits per heavy atom. The van der Waals surface area contributed by atoms with E-state index in [0.717, 1.165) is 11.3 Å². The van der Waals surface area contributed by atoms with Gasteiger partial charge in [0.25, 0.3) is 0 Å². The van der Waals surface area contributed by atoms with E-state index in [2.05, 4.69) is 30.9 Å². The predicted octanol–water partition coefficient (Wildman–Crippen LogP) is 3.44. The second-order valence-corrected chi connectivity index (χ2v) is 5.93. The molecule has 1 aliphatic carbocycles. The van der Waals surface area contributed by atoms with Crippen molar-refractivity contribution < 1.29 is 0 Å². The van der Waals surface area contributed by atoms with Gasteiger partial charge in [-0.2, -0.15) is 11.8 Å². The lowest BCUT2D eigenvalue weighted by Gasteiger charge is -2.23. The summed E-state index contributed by atoms with van der Waals surface area (Å²) in [6.45, 7) is 5.80. The van der Waals surface area contributed by atoms with E-state index in [1.807, 2.05) is 0 Å². The molecule has 1 unspecified atom stereocenters. The third kappa shape index (κ3) is 5.26. The van der Waals surface area contributed by atoms with E-state index < -0.39 is 0 Å². The fraction of sp³-hybridized carbons (Fsp3) is 1.00. The van der Waals surface area contributed by atoms with Crippen molar-refractivity contribution in [3.63, 3.8) is 0 Å². The van der Waals surface area contributed by atoms with Crippen LogP contribution in [0.5, 0.6) is 0 Å². The Balaban J connectivity index is 1.92. The largest absolute Gasteiger partial charge is 0.313 e. The molecule has 0 aromatic carbocycles. The van der Waals surface area contributed by atoms with Crippen molar-refractivity contribution in [3.05, 3.63) is 0 Å². The second kappa shape index (κ2) is 7.58. The van der Waals surface area contributed by atoms with Gasteiger partial charge in [-0.3, -0.25) is 0 Å². The van der Waals surface area contributed by atoms with E-state index in [-0.39, 0.29) is 0 Å². The van der Waals surface area contributed by atoms with E-state index >= 15 is 0 Å². The molecule has 1 aliphatic rings. The molecule has 2 heteroatoms. The molecule has 1 nitrogen and oxygen atoms in total. The predicted molar refractivity (Wildman–Crippen MR) is 67.1 cm³/mol. The van der Waals surface area contributed by atoms with Gasteiger partial charge in [-0.1, -0.05) is 33.1 Å². The number of rotatable bonds is 6. The second-order valence-electron chi connectivity index (χ2n) is 4.38. The van der Waals surface area contributed by atoms with Crippen LogP contribution in [0.2, 0.25) is 0 Å². The van der Waals surface area contributed by atoms with Crippen LogP contribution in [0.3, 0.4) is 0 Å². The van der Waals surface area contributed by atoms with Gasteiger partial charge in [-0.15, -0.1) is 0 Å². The minimum Gasteiger partial charge on any atom is -0.313 e. The first-order chi connectivity index (χ1) is 6.83. The Morgan fingerprint density at radius 2 is 2.00 bits per heavy atom. The molecule has 0 saturated heterocycles. The zero-order chi connectivity index (χ0) is 10.2. The minimum absolute atomic E-state index is 0.835. The van der Waals surface area contributed by atoms with Crippen LogP contribution < -0.4 is 5.32 Å². The third-order valence-corrected chi connectivity index (χ3v) is 4.46. The summed E-state index contributed by atoms with van der Waals surface area (Å²) in [7, 11) is 0. The maximum absolute atomic E-state index is 3.68. The molecule has 1 saturated carbocycles. The Bertz CT molecular complexity index is 132. The van der Waals surface area contributed by atoms with E-state index in [1.165, 1.54) is 50.8 Å². The number of hydrogen-bond acceptors (Lipinski definition) is 2. The fourth-order valence-electron chi connectivity index (χ4n) is 1.95. The van der Waals surface area contributed by atoms with E-state index in [4.69, 9.17) is 0 Å². The average Bonchev–Trinajstić information content (AvgIpc) is 2.25. The molecule has 14 heavy (non-hydrogen) atoms. The highest BCUT2D eigenvalue weighted by atomic mass is 32.2. The maximum Gasteiger partial charge on any atom is 0.00673 e. The summed E-state index contributed by atoms with van der Waals surface area (Å²) >= 11 is 2.10. The molecule has 84 valence electrons. The van der Waals surface area contributed by atoms with Gasteiger partial charge in [0.1, 0.15) is 0 Å². The van der Waals surface area contributed by atoms with Crippen molar-refractivity contribution in [2.45, 2.75) is 63.7 Å². The Kier molecular flexibility index (Phi) is 6.70.